The molecule has 0 spiro atoms. The van der Waals surface area contributed by atoms with E-state index in [9.17, 15) is 9.90 Å². The molecule has 0 bridgehead atoms. The largest absolute Gasteiger partial charge is 0.481 e. The lowest BCUT2D eigenvalue weighted by Crippen LogP contribution is -2.42. The van der Waals surface area contributed by atoms with E-state index in [0.29, 0.717) is 19.7 Å². The molecule has 1 aliphatic rings. The fourth-order valence-corrected chi connectivity index (χ4v) is 4.56. The summed E-state index contributed by atoms with van der Waals surface area (Å²) >= 11 is 0. The van der Waals surface area contributed by atoms with Gasteiger partial charge in [-0.05, 0) is 36.1 Å². The molecule has 1 aliphatic heterocycles. The van der Waals surface area contributed by atoms with Crippen LogP contribution in [0.2, 0.25) is 0 Å². The third kappa shape index (κ3) is 4.71. The van der Waals surface area contributed by atoms with E-state index in [-0.39, 0.29) is 5.92 Å². The summed E-state index contributed by atoms with van der Waals surface area (Å²) in [7, 11) is 0. The lowest BCUT2D eigenvalue weighted by atomic mass is 9.80. The van der Waals surface area contributed by atoms with Gasteiger partial charge in [0.15, 0.2) is 0 Å². The number of ether oxygens (including phenoxy) is 1. The van der Waals surface area contributed by atoms with Crippen molar-refractivity contribution < 1.29 is 14.6 Å². The zero-order valence-corrected chi connectivity index (χ0v) is 17.7. The molecule has 1 fully saturated rings. The van der Waals surface area contributed by atoms with Gasteiger partial charge in [-0.2, -0.15) is 0 Å². The predicted molar refractivity (Wildman–Crippen MR) is 122 cm³/mol. The number of likely N-dealkylation sites (tertiary alicyclic amines) is 1. The first kappa shape index (κ1) is 21.3. The highest BCUT2D eigenvalue weighted by Crippen LogP contribution is 2.40. The molecule has 31 heavy (non-hydrogen) atoms. The number of carboxylic acids is 1. The van der Waals surface area contributed by atoms with E-state index in [1.165, 1.54) is 0 Å². The number of hydrogen-bond acceptors (Lipinski definition) is 3. The zero-order chi connectivity index (χ0) is 21.5. The van der Waals surface area contributed by atoms with E-state index in [0.717, 1.165) is 36.1 Å². The second kappa shape index (κ2) is 9.90. The summed E-state index contributed by atoms with van der Waals surface area (Å²) in [5.41, 5.74) is 2.50. The summed E-state index contributed by atoms with van der Waals surface area (Å²) in [5.74, 6) is -0.978. The van der Waals surface area contributed by atoms with Crippen LogP contribution in [-0.4, -0.2) is 42.2 Å². The third-order valence-corrected chi connectivity index (χ3v) is 6.12. The second-order valence-corrected chi connectivity index (χ2v) is 8.11. The van der Waals surface area contributed by atoms with Crippen LogP contribution in [0.5, 0.6) is 0 Å². The molecule has 1 unspecified atom stereocenters. The first-order valence-corrected chi connectivity index (χ1v) is 11.0. The van der Waals surface area contributed by atoms with Crippen molar-refractivity contribution in [2.75, 3.05) is 26.2 Å². The molecule has 160 valence electrons. The predicted octanol–water partition coefficient (Wildman–Crippen LogP) is 4.79. The quantitative estimate of drug-likeness (QED) is 0.538. The van der Waals surface area contributed by atoms with Crippen LogP contribution in [0.25, 0.3) is 0 Å². The molecule has 1 saturated heterocycles. The van der Waals surface area contributed by atoms with Crippen LogP contribution >= 0.6 is 0 Å². The first-order valence-electron chi connectivity index (χ1n) is 11.0. The molecular formula is C27H29NO3. The van der Waals surface area contributed by atoms with Crippen molar-refractivity contribution in [2.45, 2.75) is 18.4 Å². The van der Waals surface area contributed by atoms with Crippen LogP contribution in [0, 0.1) is 5.92 Å². The number of carboxylic acid groups (broad SMARTS) is 1. The molecule has 4 rings (SSSR count). The molecule has 0 aromatic heterocycles. The van der Waals surface area contributed by atoms with E-state index in [4.69, 9.17) is 4.74 Å². The smallest absolute Gasteiger partial charge is 0.307 e. The molecule has 0 saturated carbocycles. The van der Waals surface area contributed by atoms with E-state index < -0.39 is 11.6 Å². The number of benzene rings is 3. The minimum atomic E-state index is -0.730. The van der Waals surface area contributed by atoms with E-state index in [1.54, 1.807) is 0 Å². The van der Waals surface area contributed by atoms with Crippen LogP contribution in [0.3, 0.4) is 0 Å². The summed E-state index contributed by atoms with van der Waals surface area (Å²) in [6.45, 7) is 2.72. The summed E-state index contributed by atoms with van der Waals surface area (Å²) in [4.78, 5) is 13.6. The highest BCUT2D eigenvalue weighted by atomic mass is 16.5. The van der Waals surface area contributed by atoms with Crippen molar-refractivity contribution in [3.63, 3.8) is 0 Å². The van der Waals surface area contributed by atoms with Crippen LogP contribution < -0.4 is 0 Å². The van der Waals surface area contributed by atoms with Gasteiger partial charge in [-0.25, -0.2) is 0 Å². The van der Waals surface area contributed by atoms with Crippen molar-refractivity contribution in [3.8, 4) is 0 Å². The van der Waals surface area contributed by atoms with E-state index in [2.05, 4.69) is 41.3 Å². The Morgan fingerprint density at radius 3 is 1.81 bits per heavy atom. The maximum Gasteiger partial charge on any atom is 0.307 e. The summed E-state index contributed by atoms with van der Waals surface area (Å²) < 4.78 is 6.80. The normalized spacial score (nSPS) is 17.4. The molecule has 4 heteroatoms. The van der Waals surface area contributed by atoms with Gasteiger partial charge in [0.2, 0.25) is 0 Å². The molecule has 0 aliphatic carbocycles. The Balaban J connectivity index is 1.65. The highest BCUT2D eigenvalue weighted by Gasteiger charge is 2.37. The number of piperidine rings is 1. The molecule has 0 amide bonds. The standard InChI is InChI=1S/C27H29NO3/c29-26(30)22-11-10-18-28(21-22)19-20-31-27(23-12-4-1-5-13-23,24-14-6-2-7-15-24)25-16-8-3-9-17-25/h1-9,12-17,22H,10-11,18-21H2,(H,29,30). The average Bonchev–Trinajstić information content (AvgIpc) is 2.84. The Bertz CT molecular complexity index is 863. The Morgan fingerprint density at radius 2 is 1.35 bits per heavy atom. The number of carbonyl (C=O) groups is 1. The second-order valence-electron chi connectivity index (χ2n) is 8.11. The van der Waals surface area contributed by atoms with Crippen LogP contribution in [0.15, 0.2) is 91.0 Å². The van der Waals surface area contributed by atoms with E-state index >= 15 is 0 Å². The summed E-state index contributed by atoms with van der Waals surface area (Å²) in [6.07, 6.45) is 1.67. The van der Waals surface area contributed by atoms with E-state index in [1.807, 2.05) is 54.6 Å². The summed E-state index contributed by atoms with van der Waals surface area (Å²) in [5, 5.41) is 9.40. The van der Waals surface area contributed by atoms with Crippen molar-refractivity contribution in [3.05, 3.63) is 108 Å². The minimum Gasteiger partial charge on any atom is -0.481 e. The molecular weight excluding hydrogens is 386 g/mol. The average molecular weight is 416 g/mol. The lowest BCUT2D eigenvalue weighted by Gasteiger charge is -2.37. The Hall–Kier alpha value is -2.95. The number of nitrogens with zero attached hydrogens (tertiary/aromatic N) is 1. The molecule has 0 radical (unpaired) electrons. The van der Waals surface area contributed by atoms with Crippen molar-refractivity contribution in [1.82, 2.24) is 4.90 Å². The molecule has 1 atom stereocenters. The fourth-order valence-electron chi connectivity index (χ4n) is 4.56. The number of rotatable bonds is 8. The van der Waals surface area contributed by atoms with Gasteiger partial charge in [0.1, 0.15) is 5.60 Å². The third-order valence-electron chi connectivity index (χ3n) is 6.12. The van der Waals surface area contributed by atoms with Crippen LogP contribution in [-0.2, 0) is 15.1 Å². The summed E-state index contributed by atoms with van der Waals surface area (Å²) in [6, 6.07) is 31.0. The van der Waals surface area contributed by atoms with Gasteiger partial charge in [0.05, 0.1) is 12.5 Å². The molecule has 3 aromatic rings. The lowest BCUT2D eigenvalue weighted by molar-refractivity contribution is -0.143. The maximum absolute atomic E-state index is 11.4. The SMILES string of the molecule is O=C(O)C1CCCN(CCOC(c2ccccc2)(c2ccccc2)c2ccccc2)C1. The van der Waals surface area contributed by atoms with Gasteiger partial charge in [-0.15, -0.1) is 0 Å². The molecule has 4 nitrogen and oxygen atoms in total. The number of hydrogen-bond donors (Lipinski definition) is 1. The van der Waals surface area contributed by atoms with Gasteiger partial charge < -0.3 is 14.7 Å². The molecule has 1 N–H and O–H groups in total. The van der Waals surface area contributed by atoms with Gasteiger partial charge in [0, 0.05) is 13.1 Å². The number of aliphatic carboxylic acids is 1. The van der Waals surface area contributed by atoms with Gasteiger partial charge in [-0.1, -0.05) is 91.0 Å². The topological polar surface area (TPSA) is 49.8 Å². The van der Waals surface area contributed by atoms with Gasteiger partial charge in [-0.3, -0.25) is 4.79 Å². The molecule has 3 aromatic carbocycles. The first-order chi connectivity index (χ1) is 15.2. The Morgan fingerprint density at radius 1 is 0.871 bits per heavy atom. The van der Waals surface area contributed by atoms with Crippen LogP contribution in [0.1, 0.15) is 29.5 Å². The van der Waals surface area contributed by atoms with Crippen molar-refractivity contribution in [2.24, 2.45) is 5.92 Å². The monoisotopic (exact) mass is 415 g/mol. The van der Waals surface area contributed by atoms with Gasteiger partial charge in [0.25, 0.3) is 0 Å². The van der Waals surface area contributed by atoms with Crippen LogP contribution in [0.4, 0.5) is 0 Å². The maximum atomic E-state index is 11.4. The fraction of sp³-hybridized carbons (Fsp3) is 0.296. The highest BCUT2D eigenvalue weighted by molar-refractivity contribution is 5.70. The molecule has 1 heterocycles. The van der Waals surface area contributed by atoms with Crippen molar-refractivity contribution in [1.29, 1.82) is 0 Å². The Labute approximate surface area is 184 Å². The minimum absolute atomic E-state index is 0.282. The Kier molecular flexibility index (Phi) is 6.80. The zero-order valence-electron chi connectivity index (χ0n) is 17.7. The van der Waals surface area contributed by atoms with Crippen molar-refractivity contribution >= 4 is 5.97 Å². The van der Waals surface area contributed by atoms with Gasteiger partial charge >= 0.3 is 5.97 Å².